The van der Waals surface area contributed by atoms with Gasteiger partial charge in [0.25, 0.3) is 0 Å². The summed E-state index contributed by atoms with van der Waals surface area (Å²) in [5.41, 5.74) is 1.24. The molecule has 2 aliphatic heterocycles. The van der Waals surface area contributed by atoms with Crippen molar-refractivity contribution in [3.05, 3.63) is 30.1 Å². The number of hydrogen-bond donors (Lipinski definition) is 1. The fraction of sp³-hybridized carbons (Fsp3) is 0.571. The van der Waals surface area contributed by atoms with Gasteiger partial charge in [0.15, 0.2) is 0 Å². The van der Waals surface area contributed by atoms with Crippen LogP contribution in [0.5, 0.6) is 0 Å². The first kappa shape index (κ1) is 15.2. The number of nitrogens with one attached hydrogen (secondary N) is 1. The Morgan fingerprint density at radius 2 is 2.05 bits per heavy atom. The lowest BCUT2D eigenvalue weighted by Crippen LogP contribution is -2.56. The van der Waals surface area contributed by atoms with Crippen molar-refractivity contribution in [2.24, 2.45) is 5.92 Å². The third-order valence-corrected chi connectivity index (χ3v) is 3.94. The van der Waals surface area contributed by atoms with E-state index in [1.807, 2.05) is 17.2 Å². The van der Waals surface area contributed by atoms with Crippen molar-refractivity contribution in [3.63, 3.8) is 0 Å². The normalized spacial score (nSPS) is 20.1. The molecular weight excluding hydrogens is 276 g/mol. The molecule has 3 heterocycles. The molecule has 6 heteroatoms. The van der Waals surface area contributed by atoms with E-state index >= 15 is 0 Å². The van der Waals surface area contributed by atoms with Crippen molar-refractivity contribution < 1.29 is 4.79 Å². The lowest BCUT2D eigenvalue weighted by molar-refractivity contribution is -0.138. The van der Waals surface area contributed by atoms with Gasteiger partial charge in [-0.2, -0.15) is 0 Å². The summed E-state index contributed by atoms with van der Waals surface area (Å²) in [6.45, 7) is 6.27. The molecule has 1 amide bonds. The maximum Gasteiger partial charge on any atom is 0.228 e. The van der Waals surface area contributed by atoms with Gasteiger partial charge >= 0.3 is 0 Å². The molecule has 110 valence electrons. The van der Waals surface area contributed by atoms with Gasteiger partial charge < -0.3 is 10.2 Å². The van der Waals surface area contributed by atoms with Crippen molar-refractivity contribution in [2.45, 2.75) is 6.54 Å². The van der Waals surface area contributed by atoms with Crippen LogP contribution in [0.25, 0.3) is 0 Å². The maximum absolute atomic E-state index is 12.1. The van der Waals surface area contributed by atoms with E-state index in [1.54, 1.807) is 6.20 Å². The average Bonchev–Trinajstić information content (AvgIpc) is 2.39. The Morgan fingerprint density at radius 1 is 1.30 bits per heavy atom. The molecule has 0 aliphatic carbocycles. The van der Waals surface area contributed by atoms with Gasteiger partial charge in [0.1, 0.15) is 0 Å². The number of piperazine rings is 1. The molecule has 0 spiro atoms. The van der Waals surface area contributed by atoms with Crippen molar-refractivity contribution >= 4 is 18.3 Å². The number of rotatable bonds is 3. The molecule has 1 aromatic rings. The van der Waals surface area contributed by atoms with Crippen molar-refractivity contribution in [1.29, 1.82) is 0 Å². The van der Waals surface area contributed by atoms with Crippen LogP contribution in [0.1, 0.15) is 5.56 Å². The quantitative estimate of drug-likeness (QED) is 0.875. The number of aromatic nitrogens is 1. The van der Waals surface area contributed by atoms with E-state index in [4.69, 9.17) is 0 Å². The second kappa shape index (κ2) is 7.02. The zero-order chi connectivity index (χ0) is 13.1. The van der Waals surface area contributed by atoms with Crippen LogP contribution in [-0.4, -0.2) is 60.0 Å². The molecule has 0 saturated carbocycles. The highest BCUT2D eigenvalue weighted by Crippen LogP contribution is 2.12. The van der Waals surface area contributed by atoms with E-state index < -0.39 is 0 Å². The lowest BCUT2D eigenvalue weighted by atomic mass is 10.0. The Hall–Kier alpha value is -1.17. The number of amides is 1. The highest BCUT2D eigenvalue weighted by Gasteiger charge is 2.30. The van der Waals surface area contributed by atoms with Gasteiger partial charge in [-0.3, -0.25) is 14.7 Å². The molecule has 2 fully saturated rings. The smallest absolute Gasteiger partial charge is 0.228 e. The Labute approximate surface area is 125 Å². The van der Waals surface area contributed by atoms with Crippen LogP contribution in [-0.2, 0) is 11.3 Å². The van der Waals surface area contributed by atoms with Gasteiger partial charge in [-0.25, -0.2) is 0 Å². The maximum atomic E-state index is 12.1. The van der Waals surface area contributed by atoms with E-state index in [-0.39, 0.29) is 18.3 Å². The number of carbonyl (C=O) groups excluding carboxylic acids is 1. The highest BCUT2D eigenvalue weighted by molar-refractivity contribution is 5.85. The molecule has 1 aromatic heterocycles. The number of carbonyl (C=O) groups is 1. The van der Waals surface area contributed by atoms with Crippen molar-refractivity contribution in [3.8, 4) is 0 Å². The second-order valence-electron chi connectivity index (χ2n) is 5.32. The molecule has 0 aromatic carbocycles. The first-order valence-electron chi connectivity index (χ1n) is 6.94. The summed E-state index contributed by atoms with van der Waals surface area (Å²) >= 11 is 0. The predicted molar refractivity (Wildman–Crippen MR) is 79.7 cm³/mol. The summed E-state index contributed by atoms with van der Waals surface area (Å²) in [6.07, 6.45) is 3.71. The molecule has 20 heavy (non-hydrogen) atoms. The van der Waals surface area contributed by atoms with Gasteiger partial charge in [-0.1, -0.05) is 6.07 Å². The summed E-state index contributed by atoms with van der Waals surface area (Å²) in [5.74, 6) is 0.560. The van der Waals surface area contributed by atoms with E-state index in [9.17, 15) is 4.79 Å². The molecule has 0 bridgehead atoms. The molecule has 1 N–H and O–H groups in total. The molecule has 0 unspecified atom stereocenters. The SMILES string of the molecule is Cl.O=C(C1CNC1)N1CCN(Cc2cccnc2)CC1. The van der Waals surface area contributed by atoms with Crippen LogP contribution >= 0.6 is 12.4 Å². The molecule has 5 nitrogen and oxygen atoms in total. The van der Waals surface area contributed by atoms with E-state index in [0.717, 1.165) is 45.8 Å². The van der Waals surface area contributed by atoms with E-state index in [0.29, 0.717) is 5.91 Å². The van der Waals surface area contributed by atoms with Gasteiger partial charge in [0.2, 0.25) is 5.91 Å². The molecule has 0 atom stereocenters. The Kier molecular flexibility index (Phi) is 5.34. The lowest BCUT2D eigenvalue weighted by Gasteiger charge is -2.38. The van der Waals surface area contributed by atoms with Gasteiger partial charge in [0, 0.05) is 58.2 Å². The fourth-order valence-electron chi connectivity index (χ4n) is 2.60. The second-order valence-corrected chi connectivity index (χ2v) is 5.32. The number of halogens is 1. The first-order chi connectivity index (χ1) is 9.33. The summed E-state index contributed by atoms with van der Waals surface area (Å²) in [6, 6.07) is 4.07. The standard InChI is InChI=1S/C14H20N4O.ClH/c19-14(13-9-16-10-13)18-6-4-17(5-7-18)11-12-2-1-3-15-8-12;/h1-3,8,13,16H,4-7,9-11H2;1H. The van der Waals surface area contributed by atoms with Crippen molar-refractivity contribution in [1.82, 2.24) is 20.1 Å². The monoisotopic (exact) mass is 296 g/mol. The van der Waals surface area contributed by atoms with Gasteiger partial charge in [-0.15, -0.1) is 12.4 Å². The molecule has 2 saturated heterocycles. The summed E-state index contributed by atoms with van der Waals surface area (Å²) < 4.78 is 0. The molecule has 0 radical (unpaired) electrons. The summed E-state index contributed by atoms with van der Waals surface area (Å²) in [7, 11) is 0. The number of hydrogen-bond acceptors (Lipinski definition) is 4. The van der Waals surface area contributed by atoms with Crippen LogP contribution in [0.3, 0.4) is 0 Å². The first-order valence-corrected chi connectivity index (χ1v) is 6.94. The summed E-state index contributed by atoms with van der Waals surface area (Å²) in [5, 5.41) is 3.16. The fourth-order valence-corrected chi connectivity index (χ4v) is 2.60. The van der Waals surface area contributed by atoms with Crippen LogP contribution in [0.15, 0.2) is 24.5 Å². The topological polar surface area (TPSA) is 48.5 Å². The molecule has 3 rings (SSSR count). The largest absolute Gasteiger partial charge is 0.340 e. The van der Waals surface area contributed by atoms with E-state index in [2.05, 4.69) is 21.3 Å². The summed E-state index contributed by atoms with van der Waals surface area (Å²) in [4.78, 5) is 20.6. The van der Waals surface area contributed by atoms with Gasteiger partial charge in [-0.05, 0) is 11.6 Å². The Balaban J connectivity index is 0.00000147. The zero-order valence-corrected chi connectivity index (χ0v) is 12.3. The Bertz CT molecular complexity index is 430. The highest BCUT2D eigenvalue weighted by atomic mass is 35.5. The Morgan fingerprint density at radius 3 is 2.60 bits per heavy atom. The number of pyridine rings is 1. The van der Waals surface area contributed by atoms with Crippen LogP contribution < -0.4 is 5.32 Å². The zero-order valence-electron chi connectivity index (χ0n) is 11.5. The number of nitrogens with zero attached hydrogens (tertiary/aromatic N) is 3. The van der Waals surface area contributed by atoms with Crippen LogP contribution in [0, 0.1) is 5.92 Å². The van der Waals surface area contributed by atoms with Crippen LogP contribution in [0.4, 0.5) is 0 Å². The molecular formula is C14H21ClN4O. The molecule has 2 aliphatic rings. The third-order valence-electron chi connectivity index (χ3n) is 3.94. The average molecular weight is 297 g/mol. The predicted octanol–water partition coefficient (Wildman–Crippen LogP) is 0.367. The minimum absolute atomic E-state index is 0. The van der Waals surface area contributed by atoms with E-state index in [1.165, 1.54) is 5.56 Å². The van der Waals surface area contributed by atoms with Crippen LogP contribution in [0.2, 0.25) is 0 Å². The minimum atomic E-state index is 0. The van der Waals surface area contributed by atoms with Crippen molar-refractivity contribution in [2.75, 3.05) is 39.3 Å². The third kappa shape index (κ3) is 3.48. The minimum Gasteiger partial charge on any atom is -0.340 e. The van der Waals surface area contributed by atoms with Gasteiger partial charge in [0.05, 0.1) is 5.92 Å².